The second kappa shape index (κ2) is 29.1. The third-order valence-electron chi connectivity index (χ3n) is 9.10. The summed E-state index contributed by atoms with van der Waals surface area (Å²) in [5, 5.41) is 15.3. The van der Waals surface area contributed by atoms with Crippen LogP contribution in [0.3, 0.4) is 0 Å². The van der Waals surface area contributed by atoms with Crippen LogP contribution in [-0.2, 0) is 55.9 Å². The number of unbranched alkanes of at least 4 members (excludes halogenated alkanes) is 3. The largest absolute Gasteiger partial charge is 2.00 e. The summed E-state index contributed by atoms with van der Waals surface area (Å²) < 4.78 is 53.1. The molecule has 6 rings (SSSR count). The molecular formula is C48H44F3N7O6RuS2. The molecule has 6 aromatic heterocycles. The van der Waals surface area contributed by atoms with Crippen LogP contribution in [0.4, 0.5) is 13.2 Å². The van der Waals surface area contributed by atoms with Gasteiger partial charge in [0.1, 0.15) is 23.0 Å². The number of isothiocyanates is 1. The number of hydrogen-bond donors (Lipinski definition) is 0. The first-order valence-corrected chi connectivity index (χ1v) is 21.7. The summed E-state index contributed by atoms with van der Waals surface area (Å²) in [6.45, 7) is 7.05. The van der Waals surface area contributed by atoms with Gasteiger partial charge in [-0.25, -0.2) is 4.98 Å². The van der Waals surface area contributed by atoms with Crippen LogP contribution in [0.25, 0.3) is 63.9 Å². The van der Waals surface area contributed by atoms with Gasteiger partial charge >= 0.3 is 25.7 Å². The van der Waals surface area contributed by atoms with E-state index in [0.717, 1.165) is 34.1 Å². The molecule has 6 heterocycles. The zero-order chi connectivity index (χ0) is 47.7. The van der Waals surface area contributed by atoms with Crippen molar-refractivity contribution in [1.29, 1.82) is 0 Å². The summed E-state index contributed by atoms with van der Waals surface area (Å²) in [5.74, 6) is 1.27. The number of rotatable bonds is 20. The van der Waals surface area contributed by atoms with Gasteiger partial charge in [0.2, 0.25) is 0 Å². The second-order valence-electron chi connectivity index (χ2n) is 13.7. The Morgan fingerprint density at radius 1 is 0.731 bits per heavy atom. The molecule has 13 nitrogen and oxygen atoms in total. The number of halogens is 3. The van der Waals surface area contributed by atoms with Crippen molar-refractivity contribution < 1.29 is 61.2 Å². The van der Waals surface area contributed by atoms with Crippen molar-refractivity contribution in [2.45, 2.75) is 71.9 Å². The zero-order valence-electron chi connectivity index (χ0n) is 36.5. The van der Waals surface area contributed by atoms with E-state index < -0.39 is 11.9 Å². The molecule has 0 unspecified atom stereocenters. The van der Waals surface area contributed by atoms with Crippen molar-refractivity contribution in [2.24, 2.45) is 0 Å². The summed E-state index contributed by atoms with van der Waals surface area (Å²) in [6.07, 6.45) is 14.8. The molecule has 0 aliphatic carbocycles. The molecule has 0 N–H and O–H groups in total. The maximum Gasteiger partial charge on any atom is 2.00 e. The normalized spacial score (nSPS) is 11.2. The SMILES string of the molecule is CC/C(=C\c1ccnc(-c2cc(OC=O)cc(-c3cc(/C=C(\CC)OC=O)ccn3)n2)c1)OC=O.CCCCCCc1ccc(/C=C/c2ccnc(-c3cc(C(F)(F)F)n[n-]3)c2)s1.[N-]=C=S.[Ru+2]. The zero-order valence-corrected chi connectivity index (χ0v) is 39.8. The fourth-order valence-electron chi connectivity index (χ4n) is 5.95. The fraction of sp³-hybridized carbons (Fsp3) is 0.229. The van der Waals surface area contributed by atoms with E-state index >= 15 is 0 Å². The molecule has 0 aromatic carbocycles. The Labute approximate surface area is 407 Å². The minimum atomic E-state index is -4.50. The van der Waals surface area contributed by atoms with Crippen LogP contribution in [0.15, 0.2) is 96.8 Å². The number of thiophene rings is 1. The first-order chi connectivity index (χ1) is 32.0. The Morgan fingerprint density at radius 3 is 1.79 bits per heavy atom. The Balaban J connectivity index is 0.000000338. The second-order valence-corrected chi connectivity index (χ2v) is 15.1. The Hall–Kier alpha value is -6.65. The van der Waals surface area contributed by atoms with E-state index in [1.165, 1.54) is 35.7 Å². The van der Waals surface area contributed by atoms with Crippen molar-refractivity contribution >= 4 is 72.4 Å². The molecule has 0 spiro atoms. The Bertz CT molecular complexity index is 2570. The molecule has 0 amide bonds. The van der Waals surface area contributed by atoms with Gasteiger partial charge in [-0.1, -0.05) is 64.0 Å². The number of ether oxygens (including phenoxy) is 3. The number of nitrogens with zero attached hydrogens (tertiary/aromatic N) is 7. The molecule has 0 saturated heterocycles. The van der Waals surface area contributed by atoms with Crippen molar-refractivity contribution in [3.05, 3.63) is 134 Å². The molecule has 0 atom stereocenters. The number of thiocarbonyl (C=S) groups is 1. The molecule has 0 radical (unpaired) electrons. The summed E-state index contributed by atoms with van der Waals surface area (Å²) in [6, 6.07) is 19.0. The summed E-state index contributed by atoms with van der Waals surface area (Å²) >= 11 is 5.47. The van der Waals surface area contributed by atoms with E-state index in [1.54, 1.807) is 90.6 Å². The molecule has 6 aromatic rings. The molecule has 0 aliphatic heterocycles. The van der Waals surface area contributed by atoms with E-state index in [4.69, 9.17) is 19.6 Å². The number of aromatic nitrogens is 6. The van der Waals surface area contributed by atoms with Gasteiger partial charge in [0, 0.05) is 59.0 Å². The average molecular weight is 1040 g/mol. The molecule has 67 heavy (non-hydrogen) atoms. The quantitative estimate of drug-likeness (QED) is 0.0176. The fourth-order valence-corrected chi connectivity index (χ4v) is 6.91. The minimum absolute atomic E-state index is 0. The summed E-state index contributed by atoms with van der Waals surface area (Å²) in [5.41, 5.74) is 3.77. The predicted molar refractivity (Wildman–Crippen MR) is 251 cm³/mol. The number of carbonyl (C=O) groups is 3. The van der Waals surface area contributed by atoms with Crippen LogP contribution >= 0.6 is 23.6 Å². The van der Waals surface area contributed by atoms with Gasteiger partial charge in [0.15, 0.2) is 0 Å². The van der Waals surface area contributed by atoms with Crippen LogP contribution in [0.5, 0.6) is 5.75 Å². The molecule has 0 fully saturated rings. The first-order valence-electron chi connectivity index (χ1n) is 20.5. The number of hydrogen-bond acceptors (Lipinski definition) is 13. The Kier molecular flexibility index (Phi) is 23.7. The maximum absolute atomic E-state index is 12.7. The monoisotopic (exact) mass is 1040 g/mol. The van der Waals surface area contributed by atoms with Crippen LogP contribution in [-0.4, -0.2) is 49.6 Å². The average Bonchev–Trinajstić information content (AvgIpc) is 4.02. The number of pyridine rings is 4. The van der Waals surface area contributed by atoms with Crippen LogP contribution in [0, 0.1) is 0 Å². The number of carbonyl (C=O) groups excluding carboxylic acids is 3. The molecule has 19 heteroatoms. The molecular weight excluding hydrogens is 993 g/mol. The predicted octanol–water partition coefficient (Wildman–Crippen LogP) is 11.7. The standard InChI is InChI=1S/C26H23N3O6.C21H21F3N3S.CNS.Ru/c1-3-20(33-15-30)9-18-5-7-27-23(11-18)25-13-22(35-17-32)14-26(29-25)24-12-19(6-8-28-24)10-21(4-2)34-16-31;1-2-3-4-5-6-16-9-10-17(28-16)8-7-15-11-12-25-18(13-15)19-14-20(27-26-19)21(22,23)24;2-1-3;/h5-17H,3-4H2,1-2H3;7-14H,2-6H2,1H3;;/q;2*-1;+2/b20-9+,21-10+;8-7+;;. The van der Waals surface area contributed by atoms with Gasteiger partial charge in [-0.05, 0) is 102 Å². The molecule has 348 valence electrons. The van der Waals surface area contributed by atoms with Crippen LogP contribution < -0.4 is 9.84 Å². The first kappa shape index (κ1) is 54.7. The van der Waals surface area contributed by atoms with E-state index in [0.29, 0.717) is 72.2 Å². The van der Waals surface area contributed by atoms with Crippen LogP contribution in [0.2, 0.25) is 0 Å². The van der Waals surface area contributed by atoms with Crippen molar-refractivity contribution in [1.82, 2.24) is 30.1 Å². The Morgan fingerprint density at radius 2 is 1.28 bits per heavy atom. The van der Waals surface area contributed by atoms with Crippen molar-refractivity contribution in [3.63, 3.8) is 0 Å². The molecule has 0 aliphatic rings. The third-order valence-corrected chi connectivity index (χ3v) is 10.2. The van der Waals surface area contributed by atoms with Crippen LogP contribution in [0.1, 0.15) is 91.4 Å². The van der Waals surface area contributed by atoms with Gasteiger partial charge in [0.05, 0.1) is 22.8 Å². The number of alkyl halides is 3. The smallest absolute Gasteiger partial charge is 0.753 e. The van der Waals surface area contributed by atoms with E-state index in [9.17, 15) is 27.6 Å². The topological polar surface area (TPSA) is 180 Å². The van der Waals surface area contributed by atoms with Gasteiger partial charge in [0.25, 0.3) is 19.4 Å². The van der Waals surface area contributed by atoms with E-state index in [-0.39, 0.29) is 30.9 Å². The van der Waals surface area contributed by atoms with Crippen molar-refractivity contribution in [3.8, 4) is 39.9 Å². The molecule has 0 bridgehead atoms. The van der Waals surface area contributed by atoms with Crippen molar-refractivity contribution in [2.75, 3.05) is 0 Å². The number of aryl methyl sites for hydroxylation is 1. The van der Waals surface area contributed by atoms with Gasteiger partial charge in [-0.15, -0.1) is 11.3 Å². The van der Waals surface area contributed by atoms with E-state index in [1.807, 2.05) is 26.0 Å². The summed E-state index contributed by atoms with van der Waals surface area (Å²) in [4.78, 5) is 52.5. The number of allylic oxidation sites excluding steroid dienone is 2. The third kappa shape index (κ3) is 18.3. The van der Waals surface area contributed by atoms with Gasteiger partial charge in [-0.2, -0.15) is 18.3 Å². The summed E-state index contributed by atoms with van der Waals surface area (Å²) in [7, 11) is 0. The molecule has 0 saturated carbocycles. The van der Waals surface area contributed by atoms with Gasteiger partial charge < -0.3 is 29.8 Å². The maximum atomic E-state index is 12.7. The van der Waals surface area contributed by atoms with Gasteiger partial charge in [-0.3, -0.25) is 29.3 Å². The minimum Gasteiger partial charge on any atom is -0.753 e. The van der Waals surface area contributed by atoms with E-state index in [2.05, 4.69) is 61.4 Å².